The number of hydrogen-bond donors (Lipinski definition) is 2. The molecule has 0 aliphatic rings. The second kappa shape index (κ2) is 13.4. The van der Waals surface area contributed by atoms with Crippen molar-refractivity contribution < 1.29 is 29.1 Å². The average molecular weight is 519 g/mol. The number of hydroxylamine groups is 2. The van der Waals surface area contributed by atoms with E-state index in [2.05, 4.69) is 5.32 Å². The Balaban J connectivity index is 1.94. The zero-order chi connectivity index (χ0) is 27.5. The first-order valence-corrected chi connectivity index (χ1v) is 12.4. The molecule has 0 aromatic heterocycles. The number of carbonyl (C=O) groups excluding carboxylic acids is 2. The monoisotopic (exact) mass is 518 g/mol. The Morgan fingerprint density at radius 3 is 1.74 bits per heavy atom. The molecule has 8 nitrogen and oxygen atoms in total. The molecule has 0 unspecified atom stereocenters. The molecule has 0 bridgehead atoms. The van der Waals surface area contributed by atoms with E-state index in [-0.39, 0.29) is 19.4 Å². The smallest absolute Gasteiger partial charge is 0.408 e. The van der Waals surface area contributed by atoms with E-state index in [9.17, 15) is 19.5 Å². The second-order valence-electron chi connectivity index (χ2n) is 9.86. The van der Waals surface area contributed by atoms with Crippen LogP contribution < -0.4 is 5.32 Å². The number of nitrogens with zero attached hydrogens (tertiary/aromatic N) is 1. The van der Waals surface area contributed by atoms with Crippen LogP contribution in [0, 0.1) is 0 Å². The van der Waals surface area contributed by atoms with Gasteiger partial charge in [0.1, 0.15) is 18.2 Å². The molecule has 3 rings (SSSR count). The van der Waals surface area contributed by atoms with Gasteiger partial charge >= 0.3 is 12.1 Å². The van der Waals surface area contributed by atoms with Gasteiger partial charge in [-0.15, -0.1) is 0 Å². The molecule has 8 heteroatoms. The Hall–Kier alpha value is -4.17. The lowest BCUT2D eigenvalue weighted by atomic mass is 10.0. The first-order valence-electron chi connectivity index (χ1n) is 12.4. The van der Waals surface area contributed by atoms with E-state index >= 15 is 0 Å². The molecule has 38 heavy (non-hydrogen) atoms. The summed E-state index contributed by atoms with van der Waals surface area (Å²) in [5, 5.41) is 13.7. The molecule has 3 aromatic rings. The van der Waals surface area contributed by atoms with Crippen molar-refractivity contribution >= 4 is 18.0 Å². The molecule has 0 radical (unpaired) electrons. The van der Waals surface area contributed by atoms with Crippen LogP contribution in [-0.2, 0) is 38.6 Å². The summed E-state index contributed by atoms with van der Waals surface area (Å²) < 4.78 is 5.39. The number of carbonyl (C=O) groups is 3. The Labute approximate surface area is 223 Å². The fourth-order valence-corrected chi connectivity index (χ4v) is 3.79. The average Bonchev–Trinajstić information content (AvgIpc) is 2.88. The van der Waals surface area contributed by atoms with Gasteiger partial charge in [0.15, 0.2) is 6.04 Å². The minimum absolute atomic E-state index is 0.0151. The summed E-state index contributed by atoms with van der Waals surface area (Å²) in [5.74, 6) is -1.93. The summed E-state index contributed by atoms with van der Waals surface area (Å²) in [6.07, 6.45) is -0.659. The van der Waals surface area contributed by atoms with Crippen LogP contribution in [0.5, 0.6) is 0 Å². The van der Waals surface area contributed by atoms with Gasteiger partial charge in [-0.05, 0) is 37.5 Å². The molecule has 0 saturated heterocycles. The number of rotatable bonds is 11. The van der Waals surface area contributed by atoms with Gasteiger partial charge in [-0.25, -0.2) is 14.7 Å². The molecule has 0 saturated carbocycles. The minimum Gasteiger partial charge on any atom is -0.480 e. The van der Waals surface area contributed by atoms with E-state index in [1.807, 2.05) is 66.7 Å². The minimum atomic E-state index is -1.34. The predicted molar refractivity (Wildman–Crippen MR) is 143 cm³/mol. The topological polar surface area (TPSA) is 105 Å². The Kier molecular flexibility index (Phi) is 10.0. The lowest BCUT2D eigenvalue weighted by molar-refractivity contribution is -0.213. The number of carboxylic acids is 1. The summed E-state index contributed by atoms with van der Waals surface area (Å²) >= 11 is 0. The third kappa shape index (κ3) is 9.05. The van der Waals surface area contributed by atoms with Crippen LogP contribution in [-0.4, -0.2) is 45.8 Å². The molecule has 2 atom stereocenters. The zero-order valence-electron chi connectivity index (χ0n) is 21.9. The molecule has 0 fully saturated rings. The zero-order valence-corrected chi connectivity index (χ0v) is 21.9. The maximum atomic E-state index is 14.0. The highest BCUT2D eigenvalue weighted by atomic mass is 16.7. The fraction of sp³-hybridized carbons (Fsp3) is 0.300. The number of amides is 2. The summed E-state index contributed by atoms with van der Waals surface area (Å²) in [6, 6.07) is 24.8. The van der Waals surface area contributed by atoms with Crippen LogP contribution in [0.4, 0.5) is 4.79 Å². The summed E-state index contributed by atoms with van der Waals surface area (Å²) in [5.41, 5.74) is 1.47. The number of hydrogen-bond acceptors (Lipinski definition) is 5. The van der Waals surface area contributed by atoms with Crippen molar-refractivity contribution in [1.29, 1.82) is 0 Å². The van der Waals surface area contributed by atoms with Crippen LogP contribution in [0.3, 0.4) is 0 Å². The summed E-state index contributed by atoms with van der Waals surface area (Å²) in [4.78, 5) is 45.0. The standard InChI is InChI=1S/C30H34N2O6/c1-30(2,3)38-29(36)31-25(19-22-13-7-4-8-14-22)27(33)32(37-21-24-17-11-6-12-18-24)26(28(34)35)20-23-15-9-5-10-16-23/h4-18,25-26H,19-21H2,1-3H3,(H,31,36)(H,34,35)/t25-,26-/m0/s1. The molecule has 3 aromatic carbocycles. The molecule has 0 aliphatic carbocycles. The van der Waals surface area contributed by atoms with Crippen molar-refractivity contribution in [3.63, 3.8) is 0 Å². The van der Waals surface area contributed by atoms with Gasteiger partial charge in [0.2, 0.25) is 0 Å². The van der Waals surface area contributed by atoms with E-state index in [0.29, 0.717) is 0 Å². The Morgan fingerprint density at radius 2 is 1.26 bits per heavy atom. The number of alkyl carbamates (subject to hydrolysis) is 1. The van der Waals surface area contributed by atoms with E-state index < -0.39 is 35.7 Å². The van der Waals surface area contributed by atoms with E-state index in [1.54, 1.807) is 45.0 Å². The molecule has 200 valence electrons. The first-order chi connectivity index (χ1) is 18.1. The van der Waals surface area contributed by atoms with Gasteiger partial charge in [-0.1, -0.05) is 91.0 Å². The highest BCUT2D eigenvalue weighted by Gasteiger charge is 2.37. The predicted octanol–water partition coefficient (Wildman–Crippen LogP) is 4.78. The number of aliphatic carboxylic acids is 1. The van der Waals surface area contributed by atoms with Gasteiger partial charge in [0.05, 0.1) is 0 Å². The summed E-state index contributed by atoms with van der Waals surface area (Å²) in [6.45, 7) is 5.12. The molecular formula is C30H34N2O6. The van der Waals surface area contributed by atoms with Crippen LogP contribution >= 0.6 is 0 Å². The van der Waals surface area contributed by atoms with E-state index in [4.69, 9.17) is 9.57 Å². The SMILES string of the molecule is CC(C)(C)OC(=O)N[C@@H](Cc1ccccc1)C(=O)N(OCc1ccccc1)[C@@H](Cc1ccccc1)C(=O)O. The number of ether oxygens (including phenoxy) is 1. The second-order valence-corrected chi connectivity index (χ2v) is 9.86. The Morgan fingerprint density at radius 1 is 0.789 bits per heavy atom. The molecule has 0 spiro atoms. The van der Waals surface area contributed by atoms with Crippen molar-refractivity contribution in [2.24, 2.45) is 0 Å². The van der Waals surface area contributed by atoms with Gasteiger partial charge in [-0.2, -0.15) is 0 Å². The van der Waals surface area contributed by atoms with Crippen molar-refractivity contribution in [3.05, 3.63) is 108 Å². The van der Waals surface area contributed by atoms with E-state index in [1.165, 1.54) is 0 Å². The number of nitrogens with one attached hydrogen (secondary N) is 1. The highest BCUT2D eigenvalue weighted by Crippen LogP contribution is 2.17. The van der Waals surface area contributed by atoms with E-state index in [0.717, 1.165) is 21.8 Å². The maximum Gasteiger partial charge on any atom is 0.408 e. The van der Waals surface area contributed by atoms with Crippen LogP contribution in [0.1, 0.15) is 37.5 Å². The highest BCUT2D eigenvalue weighted by molar-refractivity contribution is 5.89. The fourth-order valence-electron chi connectivity index (χ4n) is 3.79. The Bertz CT molecular complexity index is 1180. The first kappa shape index (κ1) is 28.4. The van der Waals surface area contributed by atoms with Gasteiger partial charge in [-0.3, -0.25) is 9.63 Å². The van der Waals surface area contributed by atoms with Gasteiger partial charge in [0, 0.05) is 12.8 Å². The molecular weight excluding hydrogens is 484 g/mol. The number of carboxylic acid groups (broad SMARTS) is 1. The van der Waals surface area contributed by atoms with Crippen LogP contribution in [0.2, 0.25) is 0 Å². The largest absolute Gasteiger partial charge is 0.480 e. The number of benzene rings is 3. The molecule has 2 N–H and O–H groups in total. The quantitative estimate of drug-likeness (QED) is 0.354. The molecule has 2 amide bonds. The lowest BCUT2D eigenvalue weighted by Gasteiger charge is -2.32. The lowest BCUT2D eigenvalue weighted by Crippen LogP contribution is -2.55. The van der Waals surface area contributed by atoms with Crippen molar-refractivity contribution in [2.75, 3.05) is 0 Å². The van der Waals surface area contributed by atoms with Gasteiger partial charge in [0.25, 0.3) is 5.91 Å². The summed E-state index contributed by atoms with van der Waals surface area (Å²) in [7, 11) is 0. The normalized spacial score (nSPS) is 12.7. The molecule has 0 heterocycles. The van der Waals surface area contributed by atoms with Gasteiger partial charge < -0.3 is 15.2 Å². The van der Waals surface area contributed by atoms with Crippen LogP contribution in [0.15, 0.2) is 91.0 Å². The van der Waals surface area contributed by atoms with Crippen molar-refractivity contribution in [3.8, 4) is 0 Å². The maximum absolute atomic E-state index is 14.0. The molecule has 0 aliphatic heterocycles. The van der Waals surface area contributed by atoms with Crippen molar-refractivity contribution in [2.45, 2.75) is 57.9 Å². The third-order valence-electron chi connectivity index (χ3n) is 5.54. The van der Waals surface area contributed by atoms with Crippen LogP contribution in [0.25, 0.3) is 0 Å². The van der Waals surface area contributed by atoms with Crippen molar-refractivity contribution in [1.82, 2.24) is 10.4 Å². The third-order valence-corrected chi connectivity index (χ3v) is 5.54.